The summed E-state index contributed by atoms with van der Waals surface area (Å²) in [5.41, 5.74) is 1.02. The van der Waals surface area contributed by atoms with Crippen molar-refractivity contribution in [3.8, 4) is 0 Å². The van der Waals surface area contributed by atoms with Crippen LogP contribution in [0.2, 0.25) is 0 Å². The molecule has 0 amide bonds. The van der Waals surface area contributed by atoms with E-state index in [0.717, 1.165) is 10.6 Å². The Morgan fingerprint density at radius 3 is 2.78 bits per heavy atom. The number of aromatic nitrogens is 1. The Kier molecular flexibility index (Phi) is 2.08. The van der Waals surface area contributed by atoms with Crippen LogP contribution in [0.15, 0.2) is 23.2 Å². The lowest BCUT2D eigenvalue weighted by Crippen LogP contribution is -1.82. The Morgan fingerprint density at radius 1 is 1.56 bits per heavy atom. The fourth-order valence-electron chi connectivity index (χ4n) is 0.524. The monoisotopic (exact) mass is 140 g/mol. The van der Waals surface area contributed by atoms with Crippen LogP contribution in [0.3, 0.4) is 0 Å². The molecule has 0 saturated carbocycles. The van der Waals surface area contributed by atoms with Gasteiger partial charge in [-0.3, -0.25) is 10.1 Å². The van der Waals surface area contributed by atoms with Crippen LogP contribution in [0.4, 0.5) is 0 Å². The number of hydrogen-bond acceptors (Lipinski definition) is 3. The van der Waals surface area contributed by atoms with Crippen molar-refractivity contribution in [3.05, 3.63) is 24.0 Å². The van der Waals surface area contributed by atoms with Gasteiger partial charge in [-0.2, -0.15) is 0 Å². The molecule has 0 aromatic carbocycles. The van der Waals surface area contributed by atoms with Gasteiger partial charge in [-0.05, 0) is 31.0 Å². The maximum absolute atomic E-state index is 5.28. The summed E-state index contributed by atoms with van der Waals surface area (Å²) < 4.78 is 0. The fraction of sp³-hybridized carbons (Fsp3) is 0.167. The Balaban J connectivity index is 2.88. The van der Waals surface area contributed by atoms with Crippen LogP contribution in [0, 0.1) is 6.92 Å². The van der Waals surface area contributed by atoms with Crippen LogP contribution < -0.4 is 5.14 Å². The SMILES string of the molecule is Cc1ccc(SN)cn1. The number of nitrogens with zero attached hydrogens (tertiary/aromatic N) is 1. The molecule has 1 rings (SSSR count). The van der Waals surface area contributed by atoms with E-state index < -0.39 is 0 Å². The van der Waals surface area contributed by atoms with Crippen LogP contribution in [0.25, 0.3) is 0 Å². The van der Waals surface area contributed by atoms with Gasteiger partial charge in [0.15, 0.2) is 0 Å². The normalized spacial score (nSPS) is 9.56. The van der Waals surface area contributed by atoms with Gasteiger partial charge in [0, 0.05) is 16.8 Å². The van der Waals surface area contributed by atoms with E-state index in [1.165, 1.54) is 11.9 Å². The number of rotatable bonds is 1. The van der Waals surface area contributed by atoms with Crippen LogP contribution in [0.5, 0.6) is 0 Å². The molecule has 0 aliphatic rings. The smallest absolute Gasteiger partial charge is 0.0420 e. The summed E-state index contributed by atoms with van der Waals surface area (Å²) in [4.78, 5) is 5.05. The molecule has 0 spiro atoms. The van der Waals surface area contributed by atoms with Gasteiger partial charge in [0.25, 0.3) is 0 Å². The van der Waals surface area contributed by atoms with Crippen LogP contribution in [0.1, 0.15) is 5.69 Å². The Labute approximate surface area is 58.6 Å². The molecule has 0 bridgehead atoms. The molecule has 48 valence electrons. The lowest BCUT2D eigenvalue weighted by atomic mass is 10.4. The molecule has 0 unspecified atom stereocenters. The van der Waals surface area contributed by atoms with Crippen molar-refractivity contribution in [3.63, 3.8) is 0 Å². The molecular formula is C6H8N2S. The first-order valence-corrected chi connectivity index (χ1v) is 3.50. The maximum Gasteiger partial charge on any atom is 0.0420 e. The quantitative estimate of drug-likeness (QED) is 0.598. The van der Waals surface area contributed by atoms with E-state index in [1.54, 1.807) is 6.20 Å². The fourth-order valence-corrected chi connectivity index (χ4v) is 0.784. The first kappa shape index (κ1) is 6.58. The summed E-state index contributed by atoms with van der Waals surface area (Å²) in [6.45, 7) is 1.95. The highest BCUT2D eigenvalue weighted by molar-refractivity contribution is 7.97. The van der Waals surface area contributed by atoms with Gasteiger partial charge in [-0.1, -0.05) is 0 Å². The molecule has 0 atom stereocenters. The molecule has 0 fully saturated rings. The zero-order chi connectivity index (χ0) is 6.69. The van der Waals surface area contributed by atoms with E-state index in [2.05, 4.69) is 4.98 Å². The minimum Gasteiger partial charge on any atom is -0.274 e. The largest absolute Gasteiger partial charge is 0.274 e. The molecular weight excluding hydrogens is 132 g/mol. The highest BCUT2D eigenvalue weighted by Gasteiger charge is 1.87. The Hall–Kier alpha value is -0.540. The number of nitrogens with two attached hydrogens (primary N) is 1. The number of hydrogen-bond donors (Lipinski definition) is 1. The highest BCUT2D eigenvalue weighted by atomic mass is 32.2. The second-order valence-electron chi connectivity index (χ2n) is 1.75. The standard InChI is InChI=1S/C6H8N2S/c1-5-2-3-6(9-7)4-8-5/h2-4H,7H2,1H3. The van der Waals surface area contributed by atoms with E-state index in [4.69, 9.17) is 5.14 Å². The number of pyridine rings is 1. The van der Waals surface area contributed by atoms with E-state index in [1.807, 2.05) is 19.1 Å². The van der Waals surface area contributed by atoms with E-state index >= 15 is 0 Å². The highest BCUT2D eigenvalue weighted by Crippen LogP contribution is 2.08. The van der Waals surface area contributed by atoms with Gasteiger partial charge in [0.05, 0.1) is 0 Å². The van der Waals surface area contributed by atoms with Crippen molar-refractivity contribution in [2.24, 2.45) is 5.14 Å². The topological polar surface area (TPSA) is 38.9 Å². The third-order valence-electron chi connectivity index (χ3n) is 1.02. The van der Waals surface area contributed by atoms with Gasteiger partial charge in [0.2, 0.25) is 0 Å². The zero-order valence-corrected chi connectivity index (χ0v) is 5.98. The lowest BCUT2D eigenvalue weighted by Gasteiger charge is -1.92. The molecule has 2 nitrogen and oxygen atoms in total. The summed E-state index contributed by atoms with van der Waals surface area (Å²) in [7, 11) is 0. The van der Waals surface area contributed by atoms with Crippen LogP contribution in [-0.2, 0) is 0 Å². The predicted octanol–water partition coefficient (Wildman–Crippen LogP) is 1.36. The first-order chi connectivity index (χ1) is 4.33. The minimum atomic E-state index is 1.00. The summed E-state index contributed by atoms with van der Waals surface area (Å²) >= 11 is 1.21. The van der Waals surface area contributed by atoms with Crippen molar-refractivity contribution >= 4 is 11.9 Å². The van der Waals surface area contributed by atoms with Gasteiger partial charge >= 0.3 is 0 Å². The molecule has 0 aliphatic carbocycles. The summed E-state index contributed by atoms with van der Waals surface area (Å²) in [5, 5.41) is 5.28. The molecule has 1 heterocycles. The molecule has 2 N–H and O–H groups in total. The van der Waals surface area contributed by atoms with Gasteiger partial charge in [-0.15, -0.1) is 0 Å². The van der Waals surface area contributed by atoms with Crippen molar-refractivity contribution < 1.29 is 0 Å². The average Bonchev–Trinajstić information content (AvgIpc) is 1.90. The lowest BCUT2D eigenvalue weighted by molar-refractivity contribution is 1.15. The molecule has 3 heteroatoms. The summed E-state index contributed by atoms with van der Waals surface area (Å²) in [6.07, 6.45) is 1.76. The molecule has 1 aromatic heterocycles. The summed E-state index contributed by atoms with van der Waals surface area (Å²) in [6, 6.07) is 3.89. The molecule has 9 heavy (non-hydrogen) atoms. The molecule has 0 saturated heterocycles. The second-order valence-corrected chi connectivity index (χ2v) is 2.46. The predicted molar refractivity (Wildman–Crippen MR) is 39.0 cm³/mol. The third-order valence-corrected chi connectivity index (χ3v) is 1.53. The van der Waals surface area contributed by atoms with Gasteiger partial charge < -0.3 is 0 Å². The Bertz CT molecular complexity index is 183. The van der Waals surface area contributed by atoms with Gasteiger partial charge in [-0.25, -0.2) is 0 Å². The van der Waals surface area contributed by atoms with Crippen molar-refractivity contribution in [2.75, 3.05) is 0 Å². The third kappa shape index (κ3) is 1.69. The average molecular weight is 140 g/mol. The summed E-state index contributed by atoms with van der Waals surface area (Å²) in [5.74, 6) is 0. The second kappa shape index (κ2) is 2.85. The minimum absolute atomic E-state index is 1.00. The van der Waals surface area contributed by atoms with Crippen LogP contribution >= 0.6 is 11.9 Å². The van der Waals surface area contributed by atoms with Gasteiger partial charge in [0.1, 0.15) is 0 Å². The van der Waals surface area contributed by atoms with Crippen molar-refractivity contribution in [1.82, 2.24) is 4.98 Å². The number of aryl methyl sites for hydroxylation is 1. The Morgan fingerprint density at radius 2 is 2.33 bits per heavy atom. The van der Waals surface area contributed by atoms with Crippen LogP contribution in [-0.4, -0.2) is 4.98 Å². The molecule has 0 radical (unpaired) electrons. The van der Waals surface area contributed by atoms with E-state index in [-0.39, 0.29) is 0 Å². The first-order valence-electron chi connectivity index (χ1n) is 2.62. The molecule has 1 aromatic rings. The zero-order valence-electron chi connectivity index (χ0n) is 5.16. The maximum atomic E-state index is 5.28. The van der Waals surface area contributed by atoms with E-state index in [0.29, 0.717) is 0 Å². The van der Waals surface area contributed by atoms with E-state index in [9.17, 15) is 0 Å². The molecule has 0 aliphatic heterocycles. The van der Waals surface area contributed by atoms with Crippen molar-refractivity contribution in [2.45, 2.75) is 11.8 Å². The van der Waals surface area contributed by atoms with Crippen molar-refractivity contribution in [1.29, 1.82) is 0 Å².